The third-order valence-electron chi connectivity index (χ3n) is 4.56. The van der Waals surface area contributed by atoms with Gasteiger partial charge < -0.3 is 23.3 Å². The molecule has 0 saturated carbocycles. The number of rotatable bonds is 11. The van der Waals surface area contributed by atoms with Crippen molar-refractivity contribution >= 4 is 25.7 Å². The molecule has 3 rings (SSSR count). The first-order chi connectivity index (χ1) is 16.3. The van der Waals surface area contributed by atoms with Crippen molar-refractivity contribution in [3.63, 3.8) is 0 Å². The van der Waals surface area contributed by atoms with E-state index < -0.39 is 13.7 Å². The van der Waals surface area contributed by atoms with Gasteiger partial charge in [0.2, 0.25) is 0 Å². The summed E-state index contributed by atoms with van der Waals surface area (Å²) in [6, 6.07) is 20.7. The van der Waals surface area contributed by atoms with Crippen molar-refractivity contribution in [1.82, 2.24) is 4.08 Å². The molecule has 0 aliphatic carbocycles. The molecular formula is C24H26NO7PS. The minimum atomic E-state index is -4.15. The summed E-state index contributed by atoms with van der Waals surface area (Å²) in [4.78, 5) is 13.0. The van der Waals surface area contributed by atoms with Gasteiger partial charge in [-0.25, -0.2) is 4.57 Å². The summed E-state index contributed by atoms with van der Waals surface area (Å²) in [6.45, 7) is 1.61. The van der Waals surface area contributed by atoms with E-state index in [9.17, 15) is 9.36 Å². The third kappa shape index (κ3) is 6.93. The number of carbonyl (C=O) groups excluding carboxylic acids is 1. The lowest BCUT2D eigenvalue weighted by Crippen LogP contribution is -2.26. The zero-order valence-corrected chi connectivity index (χ0v) is 21.0. The Morgan fingerprint density at radius 3 is 1.62 bits per heavy atom. The molecule has 0 heterocycles. The number of esters is 1. The normalized spacial score (nSPS) is 11.1. The largest absolute Gasteiger partial charge is 0.526 e. The van der Waals surface area contributed by atoms with Crippen LogP contribution in [-0.4, -0.2) is 37.9 Å². The molecule has 0 aromatic heterocycles. The number of nitrogens with zero attached hydrogens (tertiary/aromatic N) is 1. The lowest BCUT2D eigenvalue weighted by Gasteiger charge is -2.28. The average molecular weight is 504 g/mol. The van der Waals surface area contributed by atoms with E-state index in [1.807, 2.05) is 31.2 Å². The van der Waals surface area contributed by atoms with Crippen molar-refractivity contribution in [1.29, 1.82) is 0 Å². The Morgan fingerprint density at radius 1 is 0.765 bits per heavy atom. The number of ether oxygens (including phenoxy) is 3. The molecule has 0 radical (unpaired) electrons. The summed E-state index contributed by atoms with van der Waals surface area (Å²) < 4.78 is 42.5. The number of carbonyl (C=O) groups is 1. The molecule has 0 saturated heterocycles. The first-order valence-corrected chi connectivity index (χ1v) is 12.5. The van der Waals surface area contributed by atoms with Crippen LogP contribution in [0.25, 0.3) is 0 Å². The van der Waals surface area contributed by atoms with E-state index in [0.717, 1.165) is 22.4 Å². The van der Waals surface area contributed by atoms with Gasteiger partial charge in [-0.05, 0) is 79.5 Å². The summed E-state index contributed by atoms with van der Waals surface area (Å²) in [5, 5.41) is 0. The molecule has 0 bridgehead atoms. The maximum Gasteiger partial charge on any atom is 0.526 e. The molecule has 3 aromatic rings. The van der Waals surface area contributed by atoms with Crippen LogP contribution in [0.4, 0.5) is 0 Å². The fourth-order valence-corrected chi connectivity index (χ4v) is 5.55. The molecule has 0 atom stereocenters. The van der Waals surface area contributed by atoms with Gasteiger partial charge in [-0.1, -0.05) is 17.7 Å². The van der Waals surface area contributed by atoms with E-state index in [0.29, 0.717) is 11.5 Å². The molecule has 3 aromatic carbocycles. The predicted molar refractivity (Wildman–Crippen MR) is 131 cm³/mol. The first kappa shape index (κ1) is 25.5. The average Bonchev–Trinajstić information content (AvgIpc) is 2.85. The summed E-state index contributed by atoms with van der Waals surface area (Å²) in [5.74, 6) is 1.17. The first-order valence-electron chi connectivity index (χ1n) is 10.2. The van der Waals surface area contributed by atoms with Gasteiger partial charge >= 0.3 is 13.7 Å². The quantitative estimate of drug-likeness (QED) is 0.184. The minimum Gasteiger partial charge on any atom is -0.497 e. The highest BCUT2D eigenvalue weighted by Crippen LogP contribution is 2.56. The van der Waals surface area contributed by atoms with Gasteiger partial charge in [-0.15, -0.1) is 4.08 Å². The summed E-state index contributed by atoms with van der Waals surface area (Å²) in [5.41, 5.74) is 1.07. The molecule has 10 heteroatoms. The van der Waals surface area contributed by atoms with E-state index >= 15 is 0 Å². The van der Waals surface area contributed by atoms with Gasteiger partial charge in [0.25, 0.3) is 0 Å². The molecule has 180 valence electrons. The standard InChI is InChI=1S/C24H26NO7PS/c1-18-5-15-23(16-6-18)34-25(17-24(26)30-4)33(27,31-21-11-7-19(28-2)8-12-21)32-22-13-9-20(29-3)10-14-22/h5-16H,17H2,1-4H3. The van der Waals surface area contributed by atoms with Gasteiger partial charge in [0.1, 0.15) is 29.5 Å². The number of aryl methyl sites for hydroxylation is 1. The summed E-state index contributed by atoms with van der Waals surface area (Å²) in [7, 11) is 0.201. The molecule has 8 nitrogen and oxygen atoms in total. The number of methoxy groups -OCH3 is 3. The zero-order chi connectivity index (χ0) is 24.6. The lowest BCUT2D eigenvalue weighted by atomic mass is 10.2. The number of benzene rings is 3. The van der Waals surface area contributed by atoms with Crippen molar-refractivity contribution in [3.05, 3.63) is 78.4 Å². The molecule has 0 fully saturated rings. The number of hydrogen-bond donors (Lipinski definition) is 0. The van der Waals surface area contributed by atoms with Crippen LogP contribution in [0.3, 0.4) is 0 Å². The van der Waals surface area contributed by atoms with E-state index in [1.165, 1.54) is 11.2 Å². The SMILES string of the molecule is COC(=O)CN(Sc1ccc(C)cc1)P(=O)(Oc1ccc(OC)cc1)Oc1ccc(OC)cc1. The second kappa shape index (κ2) is 11.8. The smallest absolute Gasteiger partial charge is 0.497 e. The van der Waals surface area contributed by atoms with Gasteiger partial charge in [0.05, 0.1) is 21.3 Å². The molecule has 0 amide bonds. The Balaban J connectivity index is 1.99. The Hall–Kier alpha value is -3.13. The highest BCUT2D eigenvalue weighted by Gasteiger charge is 2.40. The topological polar surface area (TPSA) is 83.5 Å². The Labute approximate surface area is 203 Å². The molecule has 0 N–H and O–H groups in total. The van der Waals surface area contributed by atoms with Crippen LogP contribution in [0.1, 0.15) is 5.56 Å². The Kier molecular flexibility index (Phi) is 8.87. The zero-order valence-electron chi connectivity index (χ0n) is 19.3. The van der Waals surface area contributed by atoms with Crippen LogP contribution in [0.2, 0.25) is 0 Å². The summed E-state index contributed by atoms with van der Waals surface area (Å²) in [6.07, 6.45) is 0. The van der Waals surface area contributed by atoms with Gasteiger partial charge in [0.15, 0.2) is 0 Å². The van der Waals surface area contributed by atoms with Crippen LogP contribution < -0.4 is 18.5 Å². The third-order valence-corrected chi connectivity index (χ3v) is 7.80. The summed E-state index contributed by atoms with van der Waals surface area (Å²) >= 11 is 1.07. The van der Waals surface area contributed by atoms with Crippen molar-refractivity contribution in [2.45, 2.75) is 11.8 Å². The van der Waals surface area contributed by atoms with Gasteiger partial charge in [-0.3, -0.25) is 4.79 Å². The van der Waals surface area contributed by atoms with Crippen molar-refractivity contribution in [2.24, 2.45) is 0 Å². The fourth-order valence-electron chi connectivity index (χ4n) is 2.71. The van der Waals surface area contributed by atoms with Crippen molar-refractivity contribution < 1.29 is 32.6 Å². The van der Waals surface area contributed by atoms with Crippen LogP contribution in [0.5, 0.6) is 23.0 Å². The molecular weight excluding hydrogens is 477 g/mol. The molecule has 0 unspecified atom stereocenters. The molecule has 0 spiro atoms. The van der Waals surface area contributed by atoms with Gasteiger partial charge in [0, 0.05) is 4.90 Å². The van der Waals surface area contributed by atoms with E-state index in [4.69, 9.17) is 23.3 Å². The van der Waals surface area contributed by atoms with Crippen molar-refractivity contribution in [3.8, 4) is 23.0 Å². The highest BCUT2D eigenvalue weighted by molar-refractivity contribution is 8.01. The fraction of sp³-hybridized carbons (Fsp3) is 0.208. The predicted octanol–water partition coefficient (Wildman–Crippen LogP) is 5.76. The monoisotopic (exact) mass is 503 g/mol. The van der Waals surface area contributed by atoms with E-state index in [2.05, 4.69) is 0 Å². The highest BCUT2D eigenvalue weighted by atomic mass is 32.2. The van der Waals surface area contributed by atoms with Crippen molar-refractivity contribution in [2.75, 3.05) is 27.9 Å². The second-order valence-corrected chi connectivity index (χ2v) is 10.1. The lowest BCUT2D eigenvalue weighted by molar-refractivity contribution is -0.140. The van der Waals surface area contributed by atoms with E-state index in [-0.39, 0.29) is 18.0 Å². The van der Waals surface area contributed by atoms with Gasteiger partial charge in [-0.2, -0.15) is 0 Å². The Morgan fingerprint density at radius 2 is 1.21 bits per heavy atom. The number of hydrogen-bond acceptors (Lipinski definition) is 8. The minimum absolute atomic E-state index is 0.275. The van der Waals surface area contributed by atoms with Crippen LogP contribution in [0.15, 0.2) is 77.7 Å². The van der Waals surface area contributed by atoms with Crippen LogP contribution in [-0.2, 0) is 14.1 Å². The van der Waals surface area contributed by atoms with Crippen LogP contribution in [0, 0.1) is 6.92 Å². The Bertz CT molecular complexity index is 1070. The van der Waals surface area contributed by atoms with Crippen LogP contribution >= 0.6 is 19.7 Å². The second-order valence-electron chi connectivity index (χ2n) is 6.99. The maximum absolute atomic E-state index is 14.3. The molecule has 34 heavy (non-hydrogen) atoms. The maximum atomic E-state index is 14.3. The molecule has 0 aliphatic rings. The molecule has 0 aliphatic heterocycles. The van der Waals surface area contributed by atoms with E-state index in [1.54, 1.807) is 62.8 Å².